The first-order valence-electron chi connectivity index (χ1n) is 6.27. The minimum Gasteiger partial charge on any atom is -0.339 e. The molecule has 1 amide bonds. The SMILES string of the molecule is CSC1CCCC(N2CC(CN)CC2=O)C1. The lowest BCUT2D eigenvalue weighted by Gasteiger charge is -2.34. The van der Waals surface area contributed by atoms with E-state index >= 15 is 0 Å². The van der Waals surface area contributed by atoms with E-state index in [0.717, 1.165) is 11.8 Å². The molecule has 3 nitrogen and oxygen atoms in total. The molecule has 0 aromatic rings. The molecular weight excluding hydrogens is 220 g/mol. The molecule has 2 N–H and O–H groups in total. The first-order chi connectivity index (χ1) is 7.74. The number of carbonyl (C=O) groups is 1. The van der Waals surface area contributed by atoms with Crippen LogP contribution < -0.4 is 5.73 Å². The average Bonchev–Trinajstić information content (AvgIpc) is 2.71. The molecule has 1 saturated carbocycles. The van der Waals surface area contributed by atoms with E-state index in [-0.39, 0.29) is 0 Å². The number of hydrogen-bond donors (Lipinski definition) is 1. The Bertz CT molecular complexity index is 259. The molecule has 0 aromatic carbocycles. The highest BCUT2D eigenvalue weighted by Crippen LogP contribution is 2.32. The van der Waals surface area contributed by atoms with Crippen LogP contribution in [0.15, 0.2) is 0 Å². The Labute approximate surface area is 102 Å². The molecule has 1 heterocycles. The fourth-order valence-electron chi connectivity index (χ4n) is 2.94. The standard InChI is InChI=1S/C12H22N2OS/c1-16-11-4-2-3-10(6-11)14-8-9(7-13)5-12(14)15/h9-11H,2-8,13H2,1H3. The number of thioether (sulfide) groups is 1. The lowest BCUT2D eigenvalue weighted by molar-refractivity contribution is -0.130. The van der Waals surface area contributed by atoms with Gasteiger partial charge < -0.3 is 10.6 Å². The second-order valence-corrected chi connectivity index (χ2v) is 6.17. The fraction of sp³-hybridized carbons (Fsp3) is 0.917. The van der Waals surface area contributed by atoms with Crippen molar-refractivity contribution in [2.24, 2.45) is 11.7 Å². The minimum atomic E-state index is 0.335. The summed E-state index contributed by atoms with van der Waals surface area (Å²) in [7, 11) is 0. The predicted octanol–water partition coefficient (Wildman–Crippen LogP) is 1.47. The third kappa shape index (κ3) is 2.54. The van der Waals surface area contributed by atoms with Crippen LogP contribution in [0.1, 0.15) is 32.1 Å². The molecule has 0 radical (unpaired) electrons. The van der Waals surface area contributed by atoms with Crippen LogP contribution in [0.2, 0.25) is 0 Å². The topological polar surface area (TPSA) is 46.3 Å². The van der Waals surface area contributed by atoms with Crippen LogP contribution in [0.3, 0.4) is 0 Å². The van der Waals surface area contributed by atoms with E-state index in [9.17, 15) is 4.79 Å². The highest BCUT2D eigenvalue weighted by atomic mass is 32.2. The summed E-state index contributed by atoms with van der Waals surface area (Å²) < 4.78 is 0. The molecule has 2 rings (SSSR count). The van der Waals surface area contributed by atoms with Crippen molar-refractivity contribution in [3.63, 3.8) is 0 Å². The lowest BCUT2D eigenvalue weighted by Crippen LogP contribution is -2.40. The van der Waals surface area contributed by atoms with Crippen LogP contribution in [-0.4, -0.2) is 41.4 Å². The first-order valence-corrected chi connectivity index (χ1v) is 7.55. The number of nitrogens with zero attached hydrogens (tertiary/aromatic N) is 1. The number of nitrogens with two attached hydrogens (primary N) is 1. The zero-order chi connectivity index (χ0) is 11.5. The van der Waals surface area contributed by atoms with Crippen molar-refractivity contribution >= 4 is 17.7 Å². The molecular formula is C12H22N2OS. The van der Waals surface area contributed by atoms with Crippen molar-refractivity contribution < 1.29 is 4.79 Å². The molecule has 16 heavy (non-hydrogen) atoms. The zero-order valence-corrected chi connectivity index (χ0v) is 10.8. The quantitative estimate of drug-likeness (QED) is 0.815. The largest absolute Gasteiger partial charge is 0.339 e. The zero-order valence-electron chi connectivity index (χ0n) is 10.0. The Morgan fingerprint density at radius 1 is 1.50 bits per heavy atom. The molecule has 1 saturated heterocycles. The van der Waals surface area contributed by atoms with Gasteiger partial charge in [0, 0.05) is 24.3 Å². The Morgan fingerprint density at radius 2 is 2.31 bits per heavy atom. The van der Waals surface area contributed by atoms with Gasteiger partial charge in [-0.2, -0.15) is 11.8 Å². The Morgan fingerprint density at radius 3 is 2.94 bits per heavy atom. The summed E-state index contributed by atoms with van der Waals surface area (Å²) in [6, 6.07) is 0.496. The fourth-order valence-corrected chi connectivity index (χ4v) is 3.75. The predicted molar refractivity (Wildman–Crippen MR) is 68.4 cm³/mol. The molecule has 3 unspecified atom stereocenters. The third-order valence-electron chi connectivity index (χ3n) is 3.94. The Hall–Kier alpha value is -0.220. The van der Waals surface area contributed by atoms with Gasteiger partial charge in [0.05, 0.1) is 0 Å². The molecule has 2 aliphatic rings. The monoisotopic (exact) mass is 242 g/mol. The van der Waals surface area contributed by atoms with Crippen molar-refractivity contribution in [2.75, 3.05) is 19.3 Å². The summed E-state index contributed by atoms with van der Waals surface area (Å²) in [6.07, 6.45) is 7.83. The summed E-state index contributed by atoms with van der Waals surface area (Å²) >= 11 is 1.95. The minimum absolute atomic E-state index is 0.335. The molecule has 92 valence electrons. The molecule has 1 aliphatic carbocycles. The van der Waals surface area contributed by atoms with E-state index in [1.165, 1.54) is 25.7 Å². The summed E-state index contributed by atoms with van der Waals surface area (Å²) in [4.78, 5) is 14.0. The highest BCUT2D eigenvalue weighted by molar-refractivity contribution is 7.99. The van der Waals surface area contributed by atoms with Crippen LogP contribution in [-0.2, 0) is 4.79 Å². The van der Waals surface area contributed by atoms with E-state index in [0.29, 0.717) is 30.8 Å². The second-order valence-electron chi connectivity index (χ2n) is 5.03. The van der Waals surface area contributed by atoms with E-state index in [4.69, 9.17) is 5.73 Å². The third-order valence-corrected chi connectivity index (χ3v) is 5.04. The van der Waals surface area contributed by atoms with Gasteiger partial charge in [-0.3, -0.25) is 4.79 Å². The molecule has 1 aliphatic heterocycles. The Kier molecular flexibility index (Phi) is 4.14. The molecule has 3 atom stereocenters. The van der Waals surface area contributed by atoms with Gasteiger partial charge in [-0.05, 0) is 38.0 Å². The van der Waals surface area contributed by atoms with Gasteiger partial charge in [-0.1, -0.05) is 6.42 Å². The first kappa shape index (κ1) is 12.2. The highest BCUT2D eigenvalue weighted by Gasteiger charge is 2.35. The summed E-state index contributed by atoms with van der Waals surface area (Å²) in [6.45, 7) is 1.56. The van der Waals surface area contributed by atoms with Crippen molar-refractivity contribution in [1.29, 1.82) is 0 Å². The van der Waals surface area contributed by atoms with Gasteiger partial charge in [0.2, 0.25) is 5.91 Å². The van der Waals surface area contributed by atoms with E-state index in [1.807, 2.05) is 11.8 Å². The van der Waals surface area contributed by atoms with E-state index < -0.39 is 0 Å². The van der Waals surface area contributed by atoms with Crippen LogP contribution >= 0.6 is 11.8 Å². The molecule has 0 aromatic heterocycles. The van der Waals surface area contributed by atoms with Crippen molar-refractivity contribution in [3.8, 4) is 0 Å². The normalized spacial score (nSPS) is 35.8. The second kappa shape index (κ2) is 5.41. The van der Waals surface area contributed by atoms with Crippen molar-refractivity contribution in [1.82, 2.24) is 4.90 Å². The summed E-state index contributed by atoms with van der Waals surface area (Å²) in [5.41, 5.74) is 5.66. The number of carbonyl (C=O) groups excluding carboxylic acids is 1. The van der Waals surface area contributed by atoms with Crippen LogP contribution in [0.25, 0.3) is 0 Å². The van der Waals surface area contributed by atoms with Gasteiger partial charge in [0.1, 0.15) is 0 Å². The number of rotatable bonds is 3. The Balaban J connectivity index is 1.94. The van der Waals surface area contributed by atoms with Crippen LogP contribution in [0.4, 0.5) is 0 Å². The van der Waals surface area contributed by atoms with Gasteiger partial charge in [-0.25, -0.2) is 0 Å². The van der Waals surface area contributed by atoms with E-state index in [2.05, 4.69) is 11.2 Å². The summed E-state index contributed by atoms with van der Waals surface area (Å²) in [5, 5.41) is 0.753. The van der Waals surface area contributed by atoms with Crippen molar-refractivity contribution in [2.45, 2.75) is 43.4 Å². The van der Waals surface area contributed by atoms with Gasteiger partial charge >= 0.3 is 0 Å². The maximum atomic E-state index is 11.9. The lowest BCUT2D eigenvalue weighted by atomic mass is 9.94. The van der Waals surface area contributed by atoms with Crippen molar-refractivity contribution in [3.05, 3.63) is 0 Å². The number of hydrogen-bond acceptors (Lipinski definition) is 3. The molecule has 0 spiro atoms. The molecule has 4 heteroatoms. The molecule has 2 fully saturated rings. The van der Waals surface area contributed by atoms with Crippen LogP contribution in [0.5, 0.6) is 0 Å². The summed E-state index contributed by atoms with van der Waals surface area (Å²) in [5.74, 6) is 0.740. The number of likely N-dealkylation sites (tertiary alicyclic amines) is 1. The van der Waals surface area contributed by atoms with Gasteiger partial charge in [0.25, 0.3) is 0 Å². The maximum absolute atomic E-state index is 11.9. The van der Waals surface area contributed by atoms with Crippen LogP contribution in [0, 0.1) is 5.92 Å². The van der Waals surface area contributed by atoms with Gasteiger partial charge in [-0.15, -0.1) is 0 Å². The smallest absolute Gasteiger partial charge is 0.223 e. The number of amides is 1. The average molecular weight is 242 g/mol. The van der Waals surface area contributed by atoms with Gasteiger partial charge in [0.15, 0.2) is 0 Å². The van der Waals surface area contributed by atoms with E-state index in [1.54, 1.807) is 0 Å². The molecule has 0 bridgehead atoms. The maximum Gasteiger partial charge on any atom is 0.223 e.